The molecule has 1 aromatic carbocycles. The molecular formula is C19H30O3Si. The molecule has 128 valence electrons. The Labute approximate surface area is 141 Å². The summed E-state index contributed by atoms with van der Waals surface area (Å²) in [6.07, 6.45) is 1.14. The minimum atomic E-state index is -1.86. The van der Waals surface area contributed by atoms with E-state index in [1.807, 2.05) is 0 Å². The quantitative estimate of drug-likeness (QED) is 0.741. The average molecular weight is 335 g/mol. The Morgan fingerprint density at radius 1 is 1.22 bits per heavy atom. The van der Waals surface area contributed by atoms with Crippen molar-refractivity contribution in [3.8, 4) is 0 Å². The first-order valence-corrected chi connectivity index (χ1v) is 11.7. The lowest BCUT2D eigenvalue weighted by molar-refractivity contribution is -0.0587. The molecule has 4 atom stereocenters. The third-order valence-corrected chi connectivity index (χ3v) is 10.2. The topological polar surface area (TPSA) is 27.7 Å². The molecule has 0 amide bonds. The number of rotatable bonds is 3. The Balaban J connectivity index is 1.88. The molecule has 3 rings (SSSR count). The maximum Gasteiger partial charge on any atom is 0.192 e. The molecule has 2 heterocycles. The molecule has 0 bridgehead atoms. The Morgan fingerprint density at radius 2 is 1.91 bits per heavy atom. The van der Waals surface area contributed by atoms with Gasteiger partial charge in [0.15, 0.2) is 8.32 Å². The van der Waals surface area contributed by atoms with E-state index in [1.54, 1.807) is 0 Å². The van der Waals surface area contributed by atoms with Crippen LogP contribution >= 0.6 is 0 Å². The monoisotopic (exact) mass is 334 g/mol. The van der Waals surface area contributed by atoms with Crippen molar-refractivity contribution in [2.24, 2.45) is 0 Å². The largest absolute Gasteiger partial charge is 0.409 e. The third-order valence-electron chi connectivity index (χ3n) is 5.74. The molecule has 1 saturated heterocycles. The highest BCUT2D eigenvalue weighted by Gasteiger charge is 2.51. The molecular weight excluding hydrogens is 304 g/mol. The van der Waals surface area contributed by atoms with Crippen molar-refractivity contribution < 1.29 is 13.9 Å². The van der Waals surface area contributed by atoms with Crippen molar-refractivity contribution >= 4 is 8.32 Å². The molecule has 0 aliphatic carbocycles. The van der Waals surface area contributed by atoms with Crippen LogP contribution in [-0.2, 0) is 20.5 Å². The second-order valence-electron chi connectivity index (χ2n) is 8.32. The molecule has 0 saturated carbocycles. The van der Waals surface area contributed by atoms with Crippen LogP contribution in [0.3, 0.4) is 0 Å². The van der Waals surface area contributed by atoms with E-state index in [0.717, 1.165) is 6.42 Å². The van der Waals surface area contributed by atoms with Crippen LogP contribution in [0.4, 0.5) is 0 Å². The highest BCUT2D eigenvalue weighted by Crippen LogP contribution is 2.46. The van der Waals surface area contributed by atoms with E-state index in [9.17, 15) is 0 Å². The van der Waals surface area contributed by atoms with Crippen LogP contribution < -0.4 is 0 Å². The van der Waals surface area contributed by atoms with Gasteiger partial charge in [0.2, 0.25) is 0 Å². The van der Waals surface area contributed by atoms with Crippen molar-refractivity contribution in [3.05, 3.63) is 35.4 Å². The van der Waals surface area contributed by atoms with E-state index in [2.05, 4.69) is 65.1 Å². The van der Waals surface area contributed by atoms with Crippen molar-refractivity contribution in [3.63, 3.8) is 0 Å². The van der Waals surface area contributed by atoms with Gasteiger partial charge in [0.25, 0.3) is 0 Å². The predicted molar refractivity (Wildman–Crippen MR) is 95.0 cm³/mol. The SMILES string of the molecule is CC[C@H]1O[C@@H]2c3ccccc3CO[C@@H]2[C@H]1O[Si](C)(C)C(C)(C)C. The van der Waals surface area contributed by atoms with Gasteiger partial charge in [-0.15, -0.1) is 0 Å². The molecule has 0 spiro atoms. The standard InChI is InChI=1S/C19H30O3Si/c1-7-15-17(22-23(5,6)19(2,3)4)18-16(21-15)14-11-9-8-10-13(14)12-20-18/h8-11,15-18H,7,12H2,1-6H3/t15-,16-,17+,18+/m1/s1. The van der Waals surface area contributed by atoms with E-state index in [-0.39, 0.29) is 29.5 Å². The summed E-state index contributed by atoms with van der Waals surface area (Å²) in [5.74, 6) is 0. The molecule has 2 aliphatic rings. The molecule has 1 fully saturated rings. The zero-order chi connectivity index (χ0) is 16.8. The summed E-state index contributed by atoms with van der Waals surface area (Å²) >= 11 is 0. The fourth-order valence-electron chi connectivity index (χ4n) is 3.28. The number of ether oxygens (including phenoxy) is 2. The maximum atomic E-state index is 6.74. The summed E-state index contributed by atoms with van der Waals surface area (Å²) in [4.78, 5) is 0. The summed E-state index contributed by atoms with van der Waals surface area (Å²) < 4.78 is 19.3. The lowest BCUT2D eigenvalue weighted by Gasteiger charge is -2.41. The van der Waals surface area contributed by atoms with Crippen LogP contribution in [0.2, 0.25) is 18.1 Å². The predicted octanol–water partition coefficient (Wildman–Crippen LogP) is 4.83. The van der Waals surface area contributed by atoms with Crippen molar-refractivity contribution in [2.75, 3.05) is 0 Å². The summed E-state index contributed by atoms with van der Waals surface area (Å²) in [5.41, 5.74) is 2.53. The van der Waals surface area contributed by atoms with Crippen LogP contribution in [0.5, 0.6) is 0 Å². The van der Waals surface area contributed by atoms with E-state index in [4.69, 9.17) is 13.9 Å². The van der Waals surface area contributed by atoms with Gasteiger partial charge in [-0.05, 0) is 35.7 Å². The molecule has 0 N–H and O–H groups in total. The zero-order valence-corrected chi connectivity index (χ0v) is 16.3. The molecule has 0 radical (unpaired) electrons. The first kappa shape index (κ1) is 17.2. The normalized spacial score (nSPS) is 30.9. The first-order chi connectivity index (χ1) is 10.7. The van der Waals surface area contributed by atoms with Gasteiger partial charge in [-0.1, -0.05) is 52.0 Å². The maximum absolute atomic E-state index is 6.74. The Hall–Kier alpha value is -0.683. The van der Waals surface area contributed by atoms with Crippen LogP contribution in [0.25, 0.3) is 0 Å². The van der Waals surface area contributed by atoms with E-state index in [1.165, 1.54) is 11.1 Å². The highest BCUT2D eigenvalue weighted by molar-refractivity contribution is 6.74. The summed E-state index contributed by atoms with van der Waals surface area (Å²) in [6.45, 7) is 14.3. The Kier molecular flexibility index (Phi) is 4.47. The minimum Gasteiger partial charge on any atom is -0.409 e. The Morgan fingerprint density at radius 3 is 2.57 bits per heavy atom. The van der Waals surface area contributed by atoms with Crippen molar-refractivity contribution in [1.29, 1.82) is 0 Å². The van der Waals surface area contributed by atoms with Gasteiger partial charge < -0.3 is 13.9 Å². The molecule has 3 nitrogen and oxygen atoms in total. The van der Waals surface area contributed by atoms with Gasteiger partial charge in [-0.3, -0.25) is 0 Å². The van der Waals surface area contributed by atoms with E-state index in [0.29, 0.717) is 6.61 Å². The number of hydrogen-bond donors (Lipinski definition) is 0. The zero-order valence-electron chi connectivity index (χ0n) is 15.3. The average Bonchev–Trinajstić information content (AvgIpc) is 2.84. The lowest BCUT2D eigenvalue weighted by atomic mass is 9.94. The highest BCUT2D eigenvalue weighted by atomic mass is 28.4. The second kappa shape index (κ2) is 5.99. The lowest BCUT2D eigenvalue weighted by Crippen LogP contribution is -2.49. The molecule has 4 heteroatoms. The molecule has 0 aromatic heterocycles. The van der Waals surface area contributed by atoms with Crippen LogP contribution in [-0.4, -0.2) is 26.6 Å². The van der Waals surface area contributed by atoms with Crippen LogP contribution in [0.1, 0.15) is 51.3 Å². The fourth-order valence-corrected chi connectivity index (χ4v) is 4.60. The molecule has 23 heavy (non-hydrogen) atoms. The van der Waals surface area contributed by atoms with Gasteiger partial charge >= 0.3 is 0 Å². The van der Waals surface area contributed by atoms with E-state index >= 15 is 0 Å². The van der Waals surface area contributed by atoms with Gasteiger partial charge in [-0.25, -0.2) is 0 Å². The van der Waals surface area contributed by atoms with Gasteiger partial charge in [0.1, 0.15) is 18.3 Å². The number of fused-ring (bicyclic) bond motifs is 3. The summed E-state index contributed by atoms with van der Waals surface area (Å²) in [7, 11) is -1.86. The minimum absolute atomic E-state index is 0.0136. The van der Waals surface area contributed by atoms with Crippen LogP contribution in [0.15, 0.2) is 24.3 Å². The van der Waals surface area contributed by atoms with Crippen LogP contribution in [0, 0.1) is 0 Å². The van der Waals surface area contributed by atoms with Crippen molar-refractivity contribution in [1.82, 2.24) is 0 Å². The first-order valence-electron chi connectivity index (χ1n) is 8.77. The number of hydrogen-bond acceptors (Lipinski definition) is 3. The van der Waals surface area contributed by atoms with E-state index < -0.39 is 8.32 Å². The summed E-state index contributed by atoms with van der Waals surface area (Å²) in [5, 5.41) is 0.190. The number of benzene rings is 1. The fraction of sp³-hybridized carbons (Fsp3) is 0.684. The summed E-state index contributed by atoms with van der Waals surface area (Å²) in [6, 6.07) is 8.47. The smallest absolute Gasteiger partial charge is 0.192 e. The second-order valence-corrected chi connectivity index (χ2v) is 13.1. The molecule has 1 aromatic rings. The molecule has 2 aliphatic heterocycles. The third kappa shape index (κ3) is 3.02. The molecule has 0 unspecified atom stereocenters. The van der Waals surface area contributed by atoms with Gasteiger partial charge in [0, 0.05) is 0 Å². The van der Waals surface area contributed by atoms with Crippen molar-refractivity contribution in [2.45, 2.75) is 83.3 Å². The van der Waals surface area contributed by atoms with Gasteiger partial charge in [0.05, 0.1) is 12.7 Å². The Bertz CT molecular complexity index is 564. The van der Waals surface area contributed by atoms with Gasteiger partial charge in [-0.2, -0.15) is 0 Å².